The van der Waals surface area contributed by atoms with E-state index in [1.807, 2.05) is 42.1 Å². The van der Waals surface area contributed by atoms with E-state index in [1.54, 1.807) is 0 Å². The number of fused-ring (bicyclic) bond motifs is 1. The van der Waals surface area contributed by atoms with Gasteiger partial charge in [-0.3, -0.25) is 4.79 Å². The highest BCUT2D eigenvalue weighted by Crippen LogP contribution is 2.22. The summed E-state index contributed by atoms with van der Waals surface area (Å²) in [5.41, 5.74) is 2.15. The number of nitrogens with zero attached hydrogens (tertiary/aromatic N) is 4. The number of aryl methyl sites for hydroxylation is 1. The molecule has 0 radical (unpaired) electrons. The van der Waals surface area contributed by atoms with Crippen LogP contribution in [0.4, 0.5) is 11.6 Å². The van der Waals surface area contributed by atoms with Crippen LogP contribution in [-0.4, -0.2) is 33.5 Å². The number of carbonyl (C=O) groups excluding carboxylic acids is 1. The molecule has 1 aliphatic rings. The maximum absolute atomic E-state index is 12.5. The molecule has 25 heavy (non-hydrogen) atoms. The SMILES string of the molecule is Cn1cc(CC(=O)Nc2cc(N3CCCC3)ncn2)c2ccccc21. The summed E-state index contributed by atoms with van der Waals surface area (Å²) in [5.74, 6) is 1.37. The summed E-state index contributed by atoms with van der Waals surface area (Å²) in [5, 5.41) is 4.01. The molecule has 6 nitrogen and oxygen atoms in total. The van der Waals surface area contributed by atoms with Gasteiger partial charge in [0.1, 0.15) is 18.0 Å². The third-order valence-electron chi connectivity index (χ3n) is 4.68. The largest absolute Gasteiger partial charge is 0.356 e. The van der Waals surface area contributed by atoms with Crippen LogP contribution in [0.15, 0.2) is 42.9 Å². The summed E-state index contributed by atoms with van der Waals surface area (Å²) < 4.78 is 2.05. The molecule has 128 valence electrons. The van der Waals surface area contributed by atoms with Gasteiger partial charge in [0.25, 0.3) is 0 Å². The Bertz CT molecular complexity index is 911. The average Bonchev–Trinajstić information content (AvgIpc) is 3.25. The van der Waals surface area contributed by atoms with Crippen molar-refractivity contribution >= 4 is 28.4 Å². The van der Waals surface area contributed by atoms with Crippen LogP contribution in [-0.2, 0) is 18.3 Å². The van der Waals surface area contributed by atoms with Crippen molar-refractivity contribution in [1.82, 2.24) is 14.5 Å². The number of hydrogen-bond acceptors (Lipinski definition) is 4. The van der Waals surface area contributed by atoms with Crippen molar-refractivity contribution in [2.45, 2.75) is 19.3 Å². The second-order valence-corrected chi connectivity index (χ2v) is 6.46. The van der Waals surface area contributed by atoms with Crippen LogP contribution in [0.1, 0.15) is 18.4 Å². The van der Waals surface area contributed by atoms with Gasteiger partial charge < -0.3 is 14.8 Å². The zero-order valence-corrected chi connectivity index (χ0v) is 14.3. The molecular formula is C19H21N5O. The predicted octanol–water partition coefficient (Wildman–Crippen LogP) is 2.75. The number of rotatable bonds is 4. The van der Waals surface area contributed by atoms with Crippen LogP contribution in [0.2, 0.25) is 0 Å². The highest BCUT2D eigenvalue weighted by Gasteiger charge is 2.15. The molecule has 4 rings (SSSR count). The Morgan fingerprint density at radius 3 is 2.84 bits per heavy atom. The van der Waals surface area contributed by atoms with Gasteiger partial charge in [0, 0.05) is 43.3 Å². The topological polar surface area (TPSA) is 63.1 Å². The number of carbonyl (C=O) groups is 1. The maximum atomic E-state index is 12.5. The van der Waals surface area contributed by atoms with E-state index in [0.29, 0.717) is 12.2 Å². The lowest BCUT2D eigenvalue weighted by Crippen LogP contribution is -2.20. The highest BCUT2D eigenvalue weighted by molar-refractivity contribution is 5.95. The smallest absolute Gasteiger partial charge is 0.230 e. The molecule has 1 amide bonds. The zero-order valence-electron chi connectivity index (χ0n) is 14.3. The summed E-state index contributed by atoms with van der Waals surface area (Å²) in [6, 6.07) is 9.97. The van der Waals surface area contributed by atoms with Gasteiger partial charge in [0.05, 0.1) is 6.42 Å². The number of para-hydroxylation sites is 1. The normalized spacial score (nSPS) is 14.2. The molecule has 2 aromatic heterocycles. The fourth-order valence-corrected chi connectivity index (χ4v) is 3.46. The molecule has 0 unspecified atom stereocenters. The molecule has 1 saturated heterocycles. The van der Waals surface area contributed by atoms with Gasteiger partial charge in [0.2, 0.25) is 5.91 Å². The summed E-state index contributed by atoms with van der Waals surface area (Å²) >= 11 is 0. The molecule has 3 aromatic rings. The number of hydrogen-bond donors (Lipinski definition) is 1. The first-order valence-electron chi connectivity index (χ1n) is 8.60. The monoisotopic (exact) mass is 335 g/mol. The van der Waals surface area contributed by atoms with Gasteiger partial charge in [-0.05, 0) is 24.5 Å². The highest BCUT2D eigenvalue weighted by atomic mass is 16.1. The van der Waals surface area contributed by atoms with Crippen molar-refractivity contribution in [3.63, 3.8) is 0 Å². The number of amides is 1. The Kier molecular flexibility index (Phi) is 4.09. The summed E-state index contributed by atoms with van der Waals surface area (Å²) in [6.45, 7) is 2.03. The number of nitrogens with one attached hydrogen (secondary N) is 1. The summed E-state index contributed by atoms with van der Waals surface area (Å²) in [4.78, 5) is 23.2. The van der Waals surface area contributed by atoms with Crippen molar-refractivity contribution in [2.24, 2.45) is 7.05 Å². The van der Waals surface area contributed by atoms with Gasteiger partial charge >= 0.3 is 0 Å². The van der Waals surface area contributed by atoms with E-state index in [1.165, 1.54) is 19.2 Å². The molecule has 3 heterocycles. The van der Waals surface area contributed by atoms with Gasteiger partial charge in [-0.1, -0.05) is 18.2 Å². The summed E-state index contributed by atoms with van der Waals surface area (Å²) in [7, 11) is 2.00. The second-order valence-electron chi connectivity index (χ2n) is 6.46. The molecular weight excluding hydrogens is 314 g/mol. The van der Waals surface area contributed by atoms with E-state index in [4.69, 9.17) is 0 Å². The van der Waals surface area contributed by atoms with E-state index >= 15 is 0 Å². The van der Waals surface area contributed by atoms with Crippen LogP contribution in [0.3, 0.4) is 0 Å². The van der Waals surface area contributed by atoms with Crippen LogP contribution < -0.4 is 10.2 Å². The van der Waals surface area contributed by atoms with E-state index < -0.39 is 0 Å². The zero-order chi connectivity index (χ0) is 17.2. The molecule has 1 N–H and O–H groups in total. The lowest BCUT2D eigenvalue weighted by molar-refractivity contribution is -0.115. The first-order valence-corrected chi connectivity index (χ1v) is 8.60. The van der Waals surface area contributed by atoms with Crippen molar-refractivity contribution in [2.75, 3.05) is 23.3 Å². The third kappa shape index (κ3) is 3.20. The van der Waals surface area contributed by atoms with Gasteiger partial charge in [0.15, 0.2) is 0 Å². The molecule has 0 atom stereocenters. The molecule has 1 aliphatic heterocycles. The van der Waals surface area contributed by atoms with Crippen LogP contribution in [0.25, 0.3) is 10.9 Å². The molecule has 0 saturated carbocycles. The van der Waals surface area contributed by atoms with Crippen molar-refractivity contribution in [3.8, 4) is 0 Å². The van der Waals surface area contributed by atoms with Gasteiger partial charge in [-0.25, -0.2) is 9.97 Å². The number of anilines is 2. The van der Waals surface area contributed by atoms with E-state index in [-0.39, 0.29) is 5.91 Å². The molecule has 0 spiro atoms. The Balaban J connectivity index is 1.49. The standard InChI is InChI=1S/C19H21N5O/c1-23-12-14(15-6-2-3-7-16(15)23)10-19(25)22-17-11-18(21-13-20-17)24-8-4-5-9-24/h2-3,6-7,11-13H,4-5,8-10H2,1H3,(H,20,21,22,25). The Morgan fingerprint density at radius 1 is 1.20 bits per heavy atom. The van der Waals surface area contributed by atoms with Crippen LogP contribution in [0.5, 0.6) is 0 Å². The van der Waals surface area contributed by atoms with Crippen molar-refractivity contribution < 1.29 is 4.79 Å². The van der Waals surface area contributed by atoms with Crippen molar-refractivity contribution in [1.29, 1.82) is 0 Å². The lowest BCUT2D eigenvalue weighted by Gasteiger charge is -2.16. The van der Waals surface area contributed by atoms with E-state index in [0.717, 1.165) is 35.4 Å². The Morgan fingerprint density at radius 2 is 2.00 bits per heavy atom. The van der Waals surface area contributed by atoms with E-state index in [2.05, 4.69) is 26.3 Å². The second kappa shape index (κ2) is 6.55. The molecule has 0 bridgehead atoms. The van der Waals surface area contributed by atoms with Gasteiger partial charge in [-0.15, -0.1) is 0 Å². The average molecular weight is 335 g/mol. The molecule has 1 aromatic carbocycles. The minimum atomic E-state index is -0.0672. The Hall–Kier alpha value is -2.89. The molecule has 6 heteroatoms. The first kappa shape index (κ1) is 15.6. The molecule has 0 aliphatic carbocycles. The van der Waals surface area contributed by atoms with Crippen molar-refractivity contribution in [3.05, 3.63) is 48.4 Å². The first-order chi connectivity index (χ1) is 12.2. The number of aromatic nitrogens is 3. The van der Waals surface area contributed by atoms with Crippen LogP contribution in [0, 0.1) is 0 Å². The minimum absolute atomic E-state index is 0.0672. The lowest BCUT2D eigenvalue weighted by atomic mass is 10.1. The van der Waals surface area contributed by atoms with E-state index in [9.17, 15) is 4.79 Å². The maximum Gasteiger partial charge on any atom is 0.230 e. The fraction of sp³-hybridized carbons (Fsp3) is 0.316. The fourth-order valence-electron chi connectivity index (χ4n) is 3.46. The quantitative estimate of drug-likeness (QED) is 0.796. The summed E-state index contributed by atoms with van der Waals surface area (Å²) in [6.07, 6.45) is 6.23. The van der Waals surface area contributed by atoms with Crippen LogP contribution >= 0.6 is 0 Å². The minimum Gasteiger partial charge on any atom is -0.356 e. The molecule has 1 fully saturated rings. The third-order valence-corrected chi connectivity index (χ3v) is 4.68. The number of benzene rings is 1. The predicted molar refractivity (Wildman–Crippen MR) is 98.7 cm³/mol. The Labute approximate surface area is 146 Å². The van der Waals surface area contributed by atoms with Gasteiger partial charge in [-0.2, -0.15) is 0 Å².